The van der Waals surface area contributed by atoms with Gasteiger partial charge in [-0.05, 0) is 18.8 Å². The highest BCUT2D eigenvalue weighted by Crippen LogP contribution is 2.37. The summed E-state index contributed by atoms with van der Waals surface area (Å²) in [6, 6.07) is 0. The second-order valence-corrected chi connectivity index (χ2v) is 3.65. The highest BCUT2D eigenvalue weighted by molar-refractivity contribution is 4.81. The van der Waals surface area contributed by atoms with Crippen LogP contribution in [0.25, 0.3) is 0 Å². The van der Waals surface area contributed by atoms with Crippen LogP contribution in [0.1, 0.15) is 25.7 Å². The Bertz CT molecular complexity index is 148. The fourth-order valence-electron chi connectivity index (χ4n) is 1.85. The van der Waals surface area contributed by atoms with Gasteiger partial charge in [0.2, 0.25) is 5.92 Å². The molecule has 1 fully saturated rings. The summed E-state index contributed by atoms with van der Waals surface area (Å²) in [6.45, 7) is -0.0766. The van der Waals surface area contributed by atoms with E-state index >= 15 is 0 Å². The van der Waals surface area contributed by atoms with Gasteiger partial charge in [0, 0.05) is 20.0 Å². The first-order chi connectivity index (χ1) is 6.09. The van der Waals surface area contributed by atoms with Crippen molar-refractivity contribution >= 4 is 0 Å². The molecule has 1 rings (SSSR count). The predicted octanol–water partition coefficient (Wildman–Crippen LogP) is 1.82. The van der Waals surface area contributed by atoms with Crippen molar-refractivity contribution in [3.8, 4) is 0 Å². The first-order valence-electron chi connectivity index (χ1n) is 4.60. The zero-order valence-corrected chi connectivity index (χ0v) is 7.80. The summed E-state index contributed by atoms with van der Waals surface area (Å²) in [4.78, 5) is 0. The van der Waals surface area contributed by atoms with Gasteiger partial charge in [0.25, 0.3) is 0 Å². The number of hydrogen-bond donors (Lipinski definition) is 1. The lowest BCUT2D eigenvalue weighted by Crippen LogP contribution is -2.34. The monoisotopic (exact) mass is 194 g/mol. The molecule has 0 saturated heterocycles. The molecule has 78 valence electrons. The van der Waals surface area contributed by atoms with Gasteiger partial charge in [-0.2, -0.15) is 0 Å². The Balaban J connectivity index is 2.39. The van der Waals surface area contributed by atoms with Crippen molar-refractivity contribution in [2.75, 3.05) is 13.7 Å². The average Bonchev–Trinajstić information content (AvgIpc) is 2.09. The smallest absolute Gasteiger partial charge is 0.248 e. The first kappa shape index (κ1) is 10.9. The van der Waals surface area contributed by atoms with Crippen LogP contribution in [0.3, 0.4) is 0 Å². The number of halogens is 2. The van der Waals surface area contributed by atoms with Gasteiger partial charge in [-0.1, -0.05) is 0 Å². The third-order valence-electron chi connectivity index (χ3n) is 2.77. The molecule has 0 spiro atoms. The highest BCUT2D eigenvalue weighted by Gasteiger charge is 2.37. The summed E-state index contributed by atoms with van der Waals surface area (Å²) in [5.74, 6) is -2.40. The SMILES string of the molecule is COC(CO)C1CCC(F)(F)CC1. The third-order valence-corrected chi connectivity index (χ3v) is 2.77. The minimum atomic E-state index is -2.50. The van der Waals surface area contributed by atoms with Gasteiger partial charge in [-0.3, -0.25) is 0 Å². The zero-order chi connectivity index (χ0) is 9.90. The van der Waals surface area contributed by atoms with Gasteiger partial charge in [-0.15, -0.1) is 0 Å². The molecule has 0 aromatic rings. The van der Waals surface area contributed by atoms with Gasteiger partial charge in [0.15, 0.2) is 0 Å². The predicted molar refractivity (Wildman–Crippen MR) is 44.8 cm³/mol. The number of ether oxygens (including phenoxy) is 1. The summed E-state index contributed by atoms with van der Waals surface area (Å²) < 4.78 is 30.5. The second kappa shape index (κ2) is 4.33. The fourth-order valence-corrected chi connectivity index (χ4v) is 1.85. The highest BCUT2D eigenvalue weighted by atomic mass is 19.3. The van der Waals surface area contributed by atoms with Crippen molar-refractivity contribution < 1.29 is 18.6 Å². The van der Waals surface area contributed by atoms with Gasteiger partial charge in [-0.25, -0.2) is 8.78 Å². The normalized spacial score (nSPS) is 25.8. The Morgan fingerprint density at radius 3 is 2.38 bits per heavy atom. The molecule has 1 unspecified atom stereocenters. The lowest BCUT2D eigenvalue weighted by molar-refractivity contribution is -0.0765. The molecule has 0 bridgehead atoms. The number of alkyl halides is 2. The van der Waals surface area contributed by atoms with E-state index in [9.17, 15) is 8.78 Å². The number of aliphatic hydroxyl groups is 1. The van der Waals surface area contributed by atoms with Gasteiger partial charge < -0.3 is 9.84 Å². The van der Waals surface area contributed by atoms with E-state index < -0.39 is 5.92 Å². The Hall–Kier alpha value is -0.220. The summed E-state index contributed by atoms with van der Waals surface area (Å²) in [7, 11) is 1.51. The van der Waals surface area contributed by atoms with Crippen LogP contribution in [0.2, 0.25) is 0 Å². The summed E-state index contributed by atoms with van der Waals surface area (Å²) in [6.07, 6.45) is 0.490. The summed E-state index contributed by atoms with van der Waals surface area (Å²) in [5.41, 5.74) is 0. The molecule has 1 aliphatic carbocycles. The van der Waals surface area contributed by atoms with Gasteiger partial charge >= 0.3 is 0 Å². The summed E-state index contributed by atoms with van der Waals surface area (Å²) in [5, 5.41) is 8.90. The lowest BCUT2D eigenvalue weighted by atomic mass is 9.83. The van der Waals surface area contributed by atoms with E-state index in [1.165, 1.54) is 7.11 Å². The molecule has 0 aromatic carbocycles. The molecule has 0 amide bonds. The molecular formula is C9H16F2O2. The number of hydrogen-bond acceptors (Lipinski definition) is 2. The summed E-state index contributed by atoms with van der Waals surface area (Å²) >= 11 is 0. The minimum Gasteiger partial charge on any atom is -0.394 e. The van der Waals surface area contributed by atoms with Crippen LogP contribution in [0, 0.1) is 5.92 Å². The quantitative estimate of drug-likeness (QED) is 0.742. The molecule has 1 N–H and O–H groups in total. The van der Waals surface area contributed by atoms with Crippen molar-refractivity contribution in [2.24, 2.45) is 5.92 Å². The van der Waals surface area contributed by atoms with Crippen LogP contribution >= 0.6 is 0 Å². The van der Waals surface area contributed by atoms with Crippen molar-refractivity contribution in [1.82, 2.24) is 0 Å². The van der Waals surface area contributed by atoms with Gasteiger partial charge in [0.1, 0.15) is 0 Å². The third kappa shape index (κ3) is 2.88. The van der Waals surface area contributed by atoms with Crippen LogP contribution in [-0.2, 0) is 4.74 Å². The first-order valence-corrected chi connectivity index (χ1v) is 4.60. The van der Waals surface area contributed by atoms with Gasteiger partial charge in [0.05, 0.1) is 12.7 Å². The van der Waals surface area contributed by atoms with Crippen LogP contribution in [-0.4, -0.2) is 30.8 Å². The maximum absolute atomic E-state index is 12.7. The molecule has 1 aliphatic rings. The zero-order valence-electron chi connectivity index (χ0n) is 7.80. The molecule has 0 radical (unpaired) electrons. The number of methoxy groups -OCH3 is 1. The molecule has 0 aromatic heterocycles. The van der Waals surface area contributed by atoms with Crippen LogP contribution in [0.5, 0.6) is 0 Å². The van der Waals surface area contributed by atoms with Crippen molar-refractivity contribution in [2.45, 2.75) is 37.7 Å². The van der Waals surface area contributed by atoms with E-state index in [4.69, 9.17) is 9.84 Å². The maximum atomic E-state index is 12.7. The van der Waals surface area contributed by atoms with E-state index in [2.05, 4.69) is 0 Å². The molecule has 13 heavy (non-hydrogen) atoms. The van der Waals surface area contributed by atoms with E-state index in [1.54, 1.807) is 0 Å². The molecule has 4 heteroatoms. The Kier molecular flexibility index (Phi) is 3.62. The van der Waals surface area contributed by atoms with E-state index in [0.717, 1.165) is 0 Å². The lowest BCUT2D eigenvalue weighted by Gasteiger charge is -2.32. The molecule has 2 nitrogen and oxygen atoms in total. The van der Waals surface area contributed by atoms with Crippen molar-refractivity contribution in [3.05, 3.63) is 0 Å². The molecule has 1 atom stereocenters. The van der Waals surface area contributed by atoms with Crippen molar-refractivity contribution in [3.63, 3.8) is 0 Å². The average molecular weight is 194 g/mol. The second-order valence-electron chi connectivity index (χ2n) is 3.65. The molecular weight excluding hydrogens is 178 g/mol. The van der Waals surface area contributed by atoms with E-state index in [-0.39, 0.29) is 31.5 Å². The molecule has 1 saturated carbocycles. The number of rotatable bonds is 3. The Morgan fingerprint density at radius 1 is 1.46 bits per heavy atom. The largest absolute Gasteiger partial charge is 0.394 e. The maximum Gasteiger partial charge on any atom is 0.248 e. The standard InChI is InChI=1S/C9H16F2O2/c1-13-8(6-12)7-2-4-9(10,11)5-3-7/h7-8,12H,2-6H2,1H3. The van der Waals surface area contributed by atoms with Crippen molar-refractivity contribution in [1.29, 1.82) is 0 Å². The van der Waals surface area contributed by atoms with Crippen LogP contribution in [0.15, 0.2) is 0 Å². The number of aliphatic hydroxyl groups excluding tert-OH is 1. The molecule has 0 aliphatic heterocycles. The van der Waals surface area contributed by atoms with Crippen LogP contribution < -0.4 is 0 Å². The molecule has 0 heterocycles. The minimum absolute atomic E-state index is 0.0719. The van der Waals surface area contributed by atoms with E-state index in [1.807, 2.05) is 0 Å². The fraction of sp³-hybridized carbons (Fsp3) is 1.00. The Labute approximate surface area is 76.9 Å². The van der Waals surface area contributed by atoms with Crippen LogP contribution in [0.4, 0.5) is 8.78 Å². The Morgan fingerprint density at radius 2 is 2.00 bits per heavy atom. The van der Waals surface area contributed by atoms with E-state index in [0.29, 0.717) is 12.8 Å². The topological polar surface area (TPSA) is 29.5 Å².